The Morgan fingerprint density at radius 2 is 1.97 bits per heavy atom. The van der Waals surface area contributed by atoms with Crippen LogP contribution in [0.4, 0.5) is 0 Å². The van der Waals surface area contributed by atoms with Crippen molar-refractivity contribution in [1.82, 2.24) is 5.43 Å². The molecule has 0 saturated carbocycles. The van der Waals surface area contributed by atoms with Crippen LogP contribution in [0, 0.1) is 0 Å². The minimum absolute atomic E-state index is 0.188. The third kappa shape index (κ3) is 4.78. The van der Waals surface area contributed by atoms with E-state index < -0.39 is 5.91 Å². The van der Waals surface area contributed by atoms with Gasteiger partial charge >= 0.3 is 5.91 Å². The van der Waals surface area contributed by atoms with Gasteiger partial charge in [-0.2, -0.15) is 5.10 Å². The number of hydrogen-bond acceptors (Lipinski definition) is 5. The second-order valence-electron chi connectivity index (χ2n) is 6.64. The summed E-state index contributed by atoms with van der Waals surface area (Å²) in [4.78, 5) is 11.9. The van der Waals surface area contributed by atoms with Crippen LogP contribution in [0.15, 0.2) is 87.0 Å². The van der Waals surface area contributed by atoms with Gasteiger partial charge in [-0.15, -0.1) is 0 Å². The zero-order chi connectivity index (χ0) is 21.6. The van der Waals surface area contributed by atoms with Crippen LogP contribution in [0.3, 0.4) is 0 Å². The van der Waals surface area contributed by atoms with Gasteiger partial charge in [0.15, 0.2) is 17.3 Å². The van der Waals surface area contributed by atoms with Crippen LogP contribution in [0.25, 0.3) is 10.8 Å². The first-order valence-electron chi connectivity index (χ1n) is 9.49. The number of fused-ring (bicyclic) bond motifs is 1. The third-order valence-corrected chi connectivity index (χ3v) is 5.22. The van der Waals surface area contributed by atoms with Crippen LogP contribution in [0.1, 0.15) is 21.7 Å². The second kappa shape index (κ2) is 9.49. The lowest BCUT2D eigenvalue weighted by Crippen LogP contribution is -2.16. The molecule has 0 aliphatic carbocycles. The molecule has 0 atom stereocenters. The highest BCUT2D eigenvalue weighted by Crippen LogP contribution is 2.37. The molecule has 6 nitrogen and oxygen atoms in total. The molecule has 0 unspecified atom stereocenters. The van der Waals surface area contributed by atoms with Crippen molar-refractivity contribution in [2.24, 2.45) is 5.10 Å². The lowest BCUT2D eigenvalue weighted by molar-refractivity contribution is 0.0927. The summed E-state index contributed by atoms with van der Waals surface area (Å²) >= 11 is 3.55. The number of carbonyl (C=O) groups excluding carboxylic acids is 1. The highest BCUT2D eigenvalue weighted by molar-refractivity contribution is 9.10. The van der Waals surface area contributed by atoms with E-state index in [0.717, 1.165) is 21.9 Å². The molecule has 4 rings (SSSR count). The maximum absolute atomic E-state index is 11.9. The van der Waals surface area contributed by atoms with E-state index in [9.17, 15) is 4.79 Å². The molecule has 31 heavy (non-hydrogen) atoms. The molecule has 4 aromatic rings. The Labute approximate surface area is 187 Å². The van der Waals surface area contributed by atoms with Gasteiger partial charge in [0.05, 0.1) is 24.1 Å². The maximum Gasteiger partial charge on any atom is 0.307 e. The van der Waals surface area contributed by atoms with Gasteiger partial charge in [0.1, 0.15) is 6.61 Å². The summed E-state index contributed by atoms with van der Waals surface area (Å²) in [6.45, 7) is 0.392. The van der Waals surface area contributed by atoms with Crippen molar-refractivity contribution in [2.45, 2.75) is 6.61 Å². The van der Waals surface area contributed by atoms with E-state index in [1.54, 1.807) is 25.3 Å². The standard InChI is InChI=1S/C24H19BrN2O4/c1-29-22-13-16(14-26-27-24(28)21-10-5-11-30-21)12-20(25)23(22)31-15-18-8-4-7-17-6-2-3-9-19(17)18/h2-14H,15H2,1H3,(H,27,28)/b26-14-. The smallest absolute Gasteiger partial charge is 0.307 e. The topological polar surface area (TPSA) is 73.1 Å². The average molecular weight is 479 g/mol. The quantitative estimate of drug-likeness (QED) is 0.279. The Kier molecular flexibility index (Phi) is 6.33. The summed E-state index contributed by atoms with van der Waals surface area (Å²) in [5.41, 5.74) is 4.22. The lowest BCUT2D eigenvalue weighted by atomic mass is 10.1. The van der Waals surface area contributed by atoms with E-state index in [0.29, 0.717) is 22.6 Å². The number of hydrogen-bond donors (Lipinski definition) is 1. The van der Waals surface area contributed by atoms with Crippen molar-refractivity contribution in [3.63, 3.8) is 0 Å². The molecule has 0 fully saturated rings. The van der Waals surface area contributed by atoms with Gasteiger partial charge in [0.2, 0.25) is 0 Å². The molecule has 1 N–H and O–H groups in total. The fraction of sp³-hybridized carbons (Fsp3) is 0.0833. The number of halogens is 1. The number of nitrogens with one attached hydrogen (secondary N) is 1. The SMILES string of the molecule is COc1cc(/C=N\NC(=O)c2ccco2)cc(Br)c1OCc1cccc2ccccc12. The predicted octanol–water partition coefficient (Wildman–Crippen LogP) is 5.55. The summed E-state index contributed by atoms with van der Waals surface area (Å²) in [6.07, 6.45) is 2.94. The molecule has 1 aromatic heterocycles. The number of nitrogens with zero attached hydrogens (tertiary/aromatic N) is 1. The molecule has 7 heteroatoms. The summed E-state index contributed by atoms with van der Waals surface area (Å²) in [5.74, 6) is 0.899. The molecule has 0 radical (unpaired) electrons. The van der Waals surface area contributed by atoms with Crippen LogP contribution in [0.2, 0.25) is 0 Å². The van der Waals surface area contributed by atoms with E-state index >= 15 is 0 Å². The normalized spacial score (nSPS) is 11.0. The molecule has 1 amide bonds. The van der Waals surface area contributed by atoms with Gasteiger partial charge in [-0.3, -0.25) is 4.79 Å². The molecule has 3 aromatic carbocycles. The highest BCUT2D eigenvalue weighted by atomic mass is 79.9. The molecular formula is C24H19BrN2O4. The van der Waals surface area contributed by atoms with Gasteiger partial charge in [-0.1, -0.05) is 42.5 Å². The molecule has 0 aliphatic heterocycles. The Hall–Kier alpha value is -3.58. The van der Waals surface area contributed by atoms with E-state index in [1.165, 1.54) is 12.5 Å². The van der Waals surface area contributed by atoms with Crippen LogP contribution in [0.5, 0.6) is 11.5 Å². The van der Waals surface area contributed by atoms with Gasteiger partial charge in [-0.25, -0.2) is 5.43 Å². The first-order chi connectivity index (χ1) is 15.2. The lowest BCUT2D eigenvalue weighted by Gasteiger charge is -2.14. The number of ether oxygens (including phenoxy) is 2. The molecular weight excluding hydrogens is 460 g/mol. The fourth-order valence-corrected chi connectivity index (χ4v) is 3.73. The Morgan fingerprint density at radius 1 is 1.13 bits per heavy atom. The molecule has 0 spiro atoms. The monoisotopic (exact) mass is 478 g/mol. The number of carbonyl (C=O) groups is 1. The molecule has 0 saturated heterocycles. The minimum Gasteiger partial charge on any atom is -0.493 e. The van der Waals surface area contributed by atoms with E-state index in [1.807, 2.05) is 30.3 Å². The average Bonchev–Trinajstić information content (AvgIpc) is 3.33. The third-order valence-electron chi connectivity index (χ3n) is 4.63. The van der Waals surface area contributed by atoms with Crippen molar-refractivity contribution < 1.29 is 18.7 Å². The summed E-state index contributed by atoms with van der Waals surface area (Å²) in [5, 5.41) is 6.28. The zero-order valence-corrected chi connectivity index (χ0v) is 18.3. The molecule has 156 valence electrons. The van der Waals surface area contributed by atoms with Crippen LogP contribution in [-0.4, -0.2) is 19.2 Å². The number of furan rings is 1. The Bertz CT molecular complexity index is 1230. The summed E-state index contributed by atoms with van der Waals surface area (Å²) in [6, 6.07) is 21.2. The largest absolute Gasteiger partial charge is 0.493 e. The molecule has 0 bridgehead atoms. The first kappa shape index (κ1) is 20.7. The van der Waals surface area contributed by atoms with Crippen molar-refractivity contribution in [1.29, 1.82) is 0 Å². The van der Waals surface area contributed by atoms with Crippen molar-refractivity contribution >= 4 is 38.8 Å². The van der Waals surface area contributed by atoms with Crippen LogP contribution < -0.4 is 14.9 Å². The summed E-state index contributed by atoms with van der Waals surface area (Å²) < 4.78 is 17.4. The molecule has 0 aliphatic rings. The van der Waals surface area contributed by atoms with E-state index in [2.05, 4.69) is 44.7 Å². The number of rotatable bonds is 7. The van der Waals surface area contributed by atoms with Crippen LogP contribution in [-0.2, 0) is 6.61 Å². The van der Waals surface area contributed by atoms with E-state index in [-0.39, 0.29) is 5.76 Å². The van der Waals surface area contributed by atoms with Crippen LogP contribution >= 0.6 is 15.9 Å². The second-order valence-corrected chi connectivity index (χ2v) is 7.49. The maximum atomic E-state index is 11.9. The first-order valence-corrected chi connectivity index (χ1v) is 10.3. The predicted molar refractivity (Wildman–Crippen MR) is 123 cm³/mol. The Balaban J connectivity index is 1.50. The van der Waals surface area contributed by atoms with Gasteiger partial charge < -0.3 is 13.9 Å². The highest BCUT2D eigenvalue weighted by Gasteiger charge is 2.13. The van der Waals surface area contributed by atoms with Crippen molar-refractivity contribution in [3.05, 3.63) is 94.4 Å². The fourth-order valence-electron chi connectivity index (χ4n) is 3.15. The van der Waals surface area contributed by atoms with Crippen molar-refractivity contribution in [3.8, 4) is 11.5 Å². The number of hydrazone groups is 1. The molecule has 1 heterocycles. The number of methoxy groups -OCH3 is 1. The van der Waals surface area contributed by atoms with Gasteiger partial charge in [0, 0.05) is 0 Å². The van der Waals surface area contributed by atoms with E-state index in [4.69, 9.17) is 13.9 Å². The van der Waals surface area contributed by atoms with Gasteiger partial charge in [0.25, 0.3) is 0 Å². The minimum atomic E-state index is -0.428. The van der Waals surface area contributed by atoms with Gasteiger partial charge in [-0.05, 0) is 62.1 Å². The number of benzene rings is 3. The Morgan fingerprint density at radius 3 is 2.77 bits per heavy atom. The number of amides is 1. The van der Waals surface area contributed by atoms with Crippen molar-refractivity contribution in [2.75, 3.05) is 7.11 Å². The summed E-state index contributed by atoms with van der Waals surface area (Å²) in [7, 11) is 1.58. The zero-order valence-electron chi connectivity index (χ0n) is 16.7.